The van der Waals surface area contributed by atoms with E-state index in [0.29, 0.717) is 22.5 Å². The van der Waals surface area contributed by atoms with Crippen LogP contribution in [0.15, 0.2) is 27.3 Å². The van der Waals surface area contributed by atoms with Crippen LogP contribution in [0.2, 0.25) is 0 Å². The largest absolute Gasteiger partial charge is 0.461 e. The molecule has 3 heterocycles. The van der Waals surface area contributed by atoms with Gasteiger partial charge in [0.15, 0.2) is 5.76 Å². The van der Waals surface area contributed by atoms with Crippen molar-refractivity contribution >= 4 is 16.3 Å². The van der Waals surface area contributed by atoms with Crippen LogP contribution in [0, 0.1) is 13.8 Å². The smallest absolute Gasteiger partial charge is 0.261 e. The average Bonchev–Trinajstić information content (AvgIpc) is 3.01. The van der Waals surface area contributed by atoms with E-state index in [-0.39, 0.29) is 0 Å². The molecule has 0 spiro atoms. The highest BCUT2D eigenvalue weighted by Gasteiger charge is 2.19. The Bertz CT molecular complexity index is 682. The molecule has 0 aliphatic rings. The van der Waals surface area contributed by atoms with Gasteiger partial charge < -0.3 is 14.7 Å². The van der Waals surface area contributed by atoms with E-state index in [1.165, 1.54) is 11.3 Å². The number of anilines is 1. The molecule has 0 atom stereocenters. The first-order chi connectivity index (χ1) is 8.66. The number of nitrogen functional groups attached to an aromatic ring is 1. The summed E-state index contributed by atoms with van der Waals surface area (Å²) in [6.45, 7) is 4.01. The molecule has 0 saturated heterocycles. The Hall–Kier alpha value is -2.08. The van der Waals surface area contributed by atoms with Gasteiger partial charge in [-0.3, -0.25) is 0 Å². The minimum absolute atomic E-state index is 0.428. The maximum absolute atomic E-state index is 5.97. The molecule has 0 fully saturated rings. The Kier molecular flexibility index (Phi) is 2.45. The maximum atomic E-state index is 5.97. The molecule has 0 saturated carbocycles. The van der Waals surface area contributed by atoms with Crippen molar-refractivity contribution in [2.75, 3.05) is 5.73 Å². The molecule has 2 N–H and O–H groups in total. The molecule has 0 aliphatic heterocycles. The number of nitrogens with two attached hydrogens (primary N) is 1. The van der Waals surface area contributed by atoms with Gasteiger partial charge in [-0.25, -0.2) is 0 Å². The molecule has 6 heteroatoms. The number of nitrogens with zero attached hydrogens (tertiary/aromatic N) is 2. The van der Waals surface area contributed by atoms with Gasteiger partial charge in [0, 0.05) is 4.88 Å². The zero-order valence-corrected chi connectivity index (χ0v) is 10.7. The van der Waals surface area contributed by atoms with Crippen molar-refractivity contribution in [1.29, 1.82) is 0 Å². The molecule has 0 bridgehead atoms. The maximum Gasteiger partial charge on any atom is 0.261 e. The van der Waals surface area contributed by atoms with Gasteiger partial charge in [0.05, 0.1) is 16.8 Å². The van der Waals surface area contributed by atoms with Gasteiger partial charge in [-0.15, -0.1) is 11.3 Å². The van der Waals surface area contributed by atoms with Crippen LogP contribution in [0.5, 0.6) is 0 Å². The quantitative estimate of drug-likeness (QED) is 0.766. The van der Waals surface area contributed by atoms with Crippen LogP contribution in [0.1, 0.15) is 10.4 Å². The monoisotopic (exact) mass is 261 g/mol. The van der Waals surface area contributed by atoms with Crippen LogP contribution >= 0.6 is 11.3 Å². The van der Waals surface area contributed by atoms with E-state index in [9.17, 15) is 0 Å². The fourth-order valence-corrected chi connectivity index (χ4v) is 2.68. The topological polar surface area (TPSA) is 78.1 Å². The minimum Gasteiger partial charge on any atom is -0.461 e. The Morgan fingerprint density at radius 2 is 2.17 bits per heavy atom. The normalized spacial score (nSPS) is 11.0. The molecular weight excluding hydrogens is 250 g/mol. The lowest BCUT2D eigenvalue weighted by molar-refractivity contribution is 0.429. The first-order valence-corrected chi connectivity index (χ1v) is 6.22. The number of hydrogen-bond donors (Lipinski definition) is 1. The lowest BCUT2D eigenvalue weighted by Crippen LogP contribution is -1.86. The molecule has 5 nitrogen and oxygen atoms in total. The van der Waals surface area contributed by atoms with Gasteiger partial charge >= 0.3 is 0 Å². The molecule has 18 heavy (non-hydrogen) atoms. The molecule has 0 unspecified atom stereocenters. The number of rotatable bonds is 2. The van der Waals surface area contributed by atoms with E-state index in [0.717, 1.165) is 16.0 Å². The first kappa shape index (κ1) is 11.0. The zero-order chi connectivity index (χ0) is 12.7. The fourth-order valence-electron chi connectivity index (χ4n) is 1.75. The standard InChI is InChI=1S/C12H11N3O2S/c1-6-7(2)18-10(13)9(6)12-14-11(15-17-12)8-4-3-5-16-8/h3-5H,13H2,1-2H3. The Morgan fingerprint density at radius 3 is 2.78 bits per heavy atom. The van der Waals surface area contributed by atoms with Gasteiger partial charge in [-0.05, 0) is 31.5 Å². The summed E-state index contributed by atoms with van der Waals surface area (Å²) < 4.78 is 10.5. The van der Waals surface area contributed by atoms with Gasteiger partial charge in [0.25, 0.3) is 5.89 Å². The number of aryl methyl sites for hydroxylation is 1. The van der Waals surface area contributed by atoms with Crippen molar-refractivity contribution < 1.29 is 8.94 Å². The molecular formula is C12H11N3O2S. The zero-order valence-electron chi connectivity index (χ0n) is 9.93. The van der Waals surface area contributed by atoms with Gasteiger partial charge in [0.1, 0.15) is 0 Å². The van der Waals surface area contributed by atoms with E-state index in [2.05, 4.69) is 10.1 Å². The van der Waals surface area contributed by atoms with Crippen molar-refractivity contribution in [2.45, 2.75) is 13.8 Å². The van der Waals surface area contributed by atoms with Gasteiger partial charge in [-0.2, -0.15) is 4.98 Å². The van der Waals surface area contributed by atoms with Gasteiger partial charge in [0.2, 0.25) is 5.82 Å². The lowest BCUT2D eigenvalue weighted by atomic mass is 10.1. The van der Waals surface area contributed by atoms with Crippen LogP contribution in [-0.2, 0) is 0 Å². The Morgan fingerprint density at radius 1 is 1.33 bits per heavy atom. The third-order valence-corrected chi connectivity index (χ3v) is 3.83. The first-order valence-electron chi connectivity index (χ1n) is 5.40. The van der Waals surface area contributed by atoms with Crippen LogP contribution in [0.25, 0.3) is 23.0 Å². The lowest BCUT2D eigenvalue weighted by Gasteiger charge is -1.94. The predicted octanol–water partition coefficient (Wildman–Crippen LogP) is 3.26. The highest BCUT2D eigenvalue weighted by Crippen LogP contribution is 2.37. The number of thiophene rings is 1. The Labute approximate surface area is 107 Å². The molecule has 0 amide bonds. The van der Waals surface area contributed by atoms with Crippen LogP contribution < -0.4 is 5.73 Å². The summed E-state index contributed by atoms with van der Waals surface area (Å²) in [4.78, 5) is 5.47. The third kappa shape index (κ3) is 1.62. The van der Waals surface area contributed by atoms with Crippen LogP contribution in [0.4, 0.5) is 5.00 Å². The van der Waals surface area contributed by atoms with Gasteiger partial charge in [-0.1, -0.05) is 5.16 Å². The second kappa shape index (κ2) is 3.99. The highest BCUT2D eigenvalue weighted by molar-refractivity contribution is 7.16. The second-order valence-electron chi connectivity index (χ2n) is 3.92. The molecule has 0 radical (unpaired) electrons. The van der Waals surface area contributed by atoms with Crippen molar-refractivity contribution in [3.05, 3.63) is 28.8 Å². The molecule has 3 aromatic heterocycles. The Balaban J connectivity index is 2.08. The summed E-state index contributed by atoms with van der Waals surface area (Å²) in [6.07, 6.45) is 1.57. The minimum atomic E-state index is 0.428. The van der Waals surface area contributed by atoms with Crippen LogP contribution in [0.3, 0.4) is 0 Å². The SMILES string of the molecule is Cc1sc(N)c(-c2nc(-c3ccco3)no2)c1C. The third-order valence-electron chi connectivity index (χ3n) is 2.79. The molecule has 0 aromatic carbocycles. The summed E-state index contributed by atoms with van der Waals surface area (Å²) in [6, 6.07) is 3.56. The van der Waals surface area contributed by atoms with Crippen molar-refractivity contribution in [2.24, 2.45) is 0 Å². The summed E-state index contributed by atoms with van der Waals surface area (Å²) in [7, 11) is 0. The predicted molar refractivity (Wildman–Crippen MR) is 69.2 cm³/mol. The number of furan rings is 1. The molecule has 92 valence electrons. The summed E-state index contributed by atoms with van der Waals surface area (Å²) in [5, 5.41) is 4.59. The van der Waals surface area contributed by atoms with Crippen molar-refractivity contribution in [3.8, 4) is 23.0 Å². The van der Waals surface area contributed by atoms with Crippen LogP contribution in [-0.4, -0.2) is 10.1 Å². The fraction of sp³-hybridized carbons (Fsp3) is 0.167. The highest BCUT2D eigenvalue weighted by atomic mass is 32.1. The number of aromatic nitrogens is 2. The van der Waals surface area contributed by atoms with Crippen molar-refractivity contribution in [1.82, 2.24) is 10.1 Å². The molecule has 3 aromatic rings. The van der Waals surface area contributed by atoms with E-state index in [1.54, 1.807) is 18.4 Å². The molecule has 3 rings (SSSR count). The van der Waals surface area contributed by atoms with Crippen molar-refractivity contribution in [3.63, 3.8) is 0 Å². The van der Waals surface area contributed by atoms with E-state index in [1.807, 2.05) is 13.8 Å². The average molecular weight is 261 g/mol. The number of hydrogen-bond acceptors (Lipinski definition) is 6. The van der Waals surface area contributed by atoms with E-state index in [4.69, 9.17) is 14.7 Å². The summed E-state index contributed by atoms with van der Waals surface area (Å²) in [5.74, 6) is 1.44. The summed E-state index contributed by atoms with van der Waals surface area (Å²) in [5.41, 5.74) is 7.87. The van der Waals surface area contributed by atoms with E-state index < -0.39 is 0 Å². The van der Waals surface area contributed by atoms with E-state index >= 15 is 0 Å². The second-order valence-corrected chi connectivity index (χ2v) is 5.18. The summed E-state index contributed by atoms with van der Waals surface area (Å²) >= 11 is 1.52. The molecule has 0 aliphatic carbocycles.